The molecule has 4 heteroatoms. The highest BCUT2D eigenvalue weighted by Crippen LogP contribution is 2.22. The normalized spacial score (nSPS) is 22.5. The summed E-state index contributed by atoms with van der Waals surface area (Å²) in [6, 6.07) is 8.89. The molecule has 21 heavy (non-hydrogen) atoms. The highest BCUT2D eigenvalue weighted by molar-refractivity contribution is 5.96. The Morgan fingerprint density at radius 1 is 1.19 bits per heavy atom. The predicted octanol–water partition coefficient (Wildman–Crippen LogP) is 2.91. The molecular weight excluding hydrogens is 266 g/mol. The van der Waals surface area contributed by atoms with Crippen molar-refractivity contribution < 1.29 is 9.21 Å². The van der Waals surface area contributed by atoms with E-state index in [2.05, 4.69) is 13.8 Å². The van der Waals surface area contributed by atoms with Crippen molar-refractivity contribution in [2.45, 2.75) is 20.3 Å². The van der Waals surface area contributed by atoms with E-state index in [1.54, 1.807) is 23.1 Å². The number of nitrogens with zero attached hydrogens (tertiary/aromatic N) is 1. The quantitative estimate of drug-likeness (QED) is 0.757. The molecule has 0 saturated carbocycles. The Bertz CT molecular complexity index is 724. The minimum Gasteiger partial charge on any atom is -0.422 e. The fourth-order valence-corrected chi connectivity index (χ4v) is 3.21. The third-order valence-corrected chi connectivity index (χ3v) is 4.03. The van der Waals surface area contributed by atoms with E-state index in [-0.39, 0.29) is 11.5 Å². The lowest BCUT2D eigenvalue weighted by atomic mass is 9.91. The van der Waals surface area contributed by atoms with E-state index in [1.807, 2.05) is 12.1 Å². The average molecular weight is 285 g/mol. The first-order valence-electron chi connectivity index (χ1n) is 7.36. The second kappa shape index (κ2) is 5.35. The third-order valence-electron chi connectivity index (χ3n) is 4.03. The standard InChI is InChI=1S/C17H19NO3/c1-11-7-12(2)10-18(9-11)16(19)14-8-13-5-3-4-6-15(13)21-17(14)20/h3-6,8,11-12H,7,9-10H2,1-2H3. The number of likely N-dealkylation sites (tertiary alicyclic amines) is 1. The summed E-state index contributed by atoms with van der Waals surface area (Å²) in [6.45, 7) is 5.68. The van der Waals surface area contributed by atoms with Crippen LogP contribution in [-0.4, -0.2) is 23.9 Å². The Labute approximate surface area is 123 Å². The van der Waals surface area contributed by atoms with Gasteiger partial charge >= 0.3 is 5.63 Å². The van der Waals surface area contributed by atoms with Gasteiger partial charge in [0.05, 0.1) is 0 Å². The lowest BCUT2D eigenvalue weighted by Gasteiger charge is -2.34. The number of benzene rings is 1. The summed E-state index contributed by atoms with van der Waals surface area (Å²) in [5.41, 5.74) is 0.0963. The molecule has 1 aliphatic rings. The number of carbonyl (C=O) groups excluding carboxylic acids is 1. The van der Waals surface area contributed by atoms with Crippen LogP contribution in [0.2, 0.25) is 0 Å². The molecule has 2 unspecified atom stereocenters. The van der Waals surface area contributed by atoms with Crippen LogP contribution in [-0.2, 0) is 0 Å². The molecule has 1 aromatic carbocycles. The Kier molecular flexibility index (Phi) is 3.53. The van der Waals surface area contributed by atoms with Crippen LogP contribution in [0.5, 0.6) is 0 Å². The second-order valence-corrected chi connectivity index (χ2v) is 6.14. The van der Waals surface area contributed by atoms with Gasteiger partial charge in [-0.15, -0.1) is 0 Å². The number of para-hydroxylation sites is 1. The van der Waals surface area contributed by atoms with E-state index in [4.69, 9.17) is 4.42 Å². The van der Waals surface area contributed by atoms with Gasteiger partial charge in [0.15, 0.2) is 0 Å². The Balaban J connectivity index is 1.97. The Morgan fingerprint density at radius 2 is 1.86 bits per heavy atom. The second-order valence-electron chi connectivity index (χ2n) is 6.14. The van der Waals surface area contributed by atoms with Gasteiger partial charge in [0.1, 0.15) is 11.1 Å². The molecule has 110 valence electrons. The maximum atomic E-state index is 12.6. The fraction of sp³-hybridized carbons (Fsp3) is 0.412. The summed E-state index contributed by atoms with van der Waals surface area (Å²) in [6.07, 6.45) is 1.12. The molecule has 2 heterocycles. The lowest BCUT2D eigenvalue weighted by Crippen LogP contribution is -2.43. The van der Waals surface area contributed by atoms with E-state index in [0.717, 1.165) is 11.8 Å². The number of rotatable bonds is 1. The van der Waals surface area contributed by atoms with Crippen molar-refractivity contribution in [1.29, 1.82) is 0 Å². The van der Waals surface area contributed by atoms with Crippen LogP contribution in [0.4, 0.5) is 0 Å². The molecule has 3 rings (SSSR count). The number of piperidine rings is 1. The molecule has 0 radical (unpaired) electrons. The van der Waals surface area contributed by atoms with Crippen LogP contribution in [0.1, 0.15) is 30.6 Å². The summed E-state index contributed by atoms with van der Waals surface area (Å²) in [7, 11) is 0. The van der Waals surface area contributed by atoms with Gasteiger partial charge in [-0.25, -0.2) is 4.79 Å². The van der Waals surface area contributed by atoms with Crippen LogP contribution >= 0.6 is 0 Å². The van der Waals surface area contributed by atoms with E-state index in [0.29, 0.717) is 30.5 Å². The van der Waals surface area contributed by atoms with Gasteiger partial charge in [0.25, 0.3) is 5.91 Å². The minimum atomic E-state index is -0.551. The van der Waals surface area contributed by atoms with Crippen molar-refractivity contribution >= 4 is 16.9 Å². The molecule has 1 aliphatic heterocycles. The molecule has 0 N–H and O–H groups in total. The zero-order valence-corrected chi connectivity index (χ0v) is 12.3. The van der Waals surface area contributed by atoms with E-state index < -0.39 is 5.63 Å². The highest BCUT2D eigenvalue weighted by Gasteiger charge is 2.28. The van der Waals surface area contributed by atoms with E-state index in [1.165, 1.54) is 0 Å². The first-order chi connectivity index (χ1) is 10.0. The van der Waals surface area contributed by atoms with Gasteiger partial charge < -0.3 is 9.32 Å². The number of carbonyl (C=O) groups is 1. The number of hydrogen-bond donors (Lipinski definition) is 0. The van der Waals surface area contributed by atoms with Gasteiger partial charge in [-0.05, 0) is 30.4 Å². The maximum Gasteiger partial charge on any atom is 0.349 e. The van der Waals surface area contributed by atoms with Crippen molar-refractivity contribution in [3.05, 3.63) is 46.3 Å². The van der Waals surface area contributed by atoms with Crippen LogP contribution in [0.3, 0.4) is 0 Å². The van der Waals surface area contributed by atoms with E-state index in [9.17, 15) is 9.59 Å². The highest BCUT2D eigenvalue weighted by atomic mass is 16.4. The molecule has 0 bridgehead atoms. The number of hydrogen-bond acceptors (Lipinski definition) is 3. The molecule has 1 saturated heterocycles. The summed E-state index contributed by atoms with van der Waals surface area (Å²) in [5.74, 6) is 0.711. The monoisotopic (exact) mass is 285 g/mol. The molecule has 2 aromatic rings. The summed E-state index contributed by atoms with van der Waals surface area (Å²) in [4.78, 5) is 26.5. The number of fused-ring (bicyclic) bond motifs is 1. The predicted molar refractivity (Wildman–Crippen MR) is 81.3 cm³/mol. The van der Waals surface area contributed by atoms with Gasteiger partial charge in [0.2, 0.25) is 0 Å². The van der Waals surface area contributed by atoms with Gasteiger partial charge in [0, 0.05) is 18.5 Å². The molecule has 2 atom stereocenters. The number of amides is 1. The average Bonchev–Trinajstić information content (AvgIpc) is 2.44. The van der Waals surface area contributed by atoms with Crippen LogP contribution in [0.25, 0.3) is 11.0 Å². The molecule has 1 aromatic heterocycles. The van der Waals surface area contributed by atoms with Crippen molar-refractivity contribution in [1.82, 2.24) is 4.90 Å². The van der Waals surface area contributed by atoms with Crippen molar-refractivity contribution in [3.8, 4) is 0 Å². The zero-order valence-electron chi connectivity index (χ0n) is 12.3. The van der Waals surface area contributed by atoms with Gasteiger partial charge in [-0.1, -0.05) is 32.0 Å². The van der Waals surface area contributed by atoms with E-state index >= 15 is 0 Å². The molecule has 0 spiro atoms. The largest absolute Gasteiger partial charge is 0.422 e. The zero-order chi connectivity index (χ0) is 15.0. The molecular formula is C17H19NO3. The molecule has 1 fully saturated rings. The molecule has 4 nitrogen and oxygen atoms in total. The Hall–Kier alpha value is -2.10. The summed E-state index contributed by atoms with van der Waals surface area (Å²) < 4.78 is 5.26. The first kappa shape index (κ1) is 13.9. The summed E-state index contributed by atoms with van der Waals surface area (Å²) >= 11 is 0. The van der Waals surface area contributed by atoms with Crippen molar-refractivity contribution in [3.63, 3.8) is 0 Å². The maximum absolute atomic E-state index is 12.6. The van der Waals surface area contributed by atoms with Crippen molar-refractivity contribution in [2.75, 3.05) is 13.1 Å². The third kappa shape index (κ3) is 2.71. The van der Waals surface area contributed by atoms with Gasteiger partial charge in [-0.3, -0.25) is 4.79 Å². The minimum absolute atomic E-state index is 0.134. The van der Waals surface area contributed by atoms with Gasteiger partial charge in [-0.2, -0.15) is 0 Å². The van der Waals surface area contributed by atoms with Crippen molar-refractivity contribution in [2.24, 2.45) is 11.8 Å². The Morgan fingerprint density at radius 3 is 2.57 bits per heavy atom. The molecule has 1 amide bonds. The van der Waals surface area contributed by atoms with Crippen LogP contribution in [0, 0.1) is 11.8 Å². The molecule has 0 aliphatic carbocycles. The van der Waals surface area contributed by atoms with Crippen LogP contribution < -0.4 is 5.63 Å². The fourth-order valence-electron chi connectivity index (χ4n) is 3.21. The first-order valence-corrected chi connectivity index (χ1v) is 7.36. The summed E-state index contributed by atoms with van der Waals surface area (Å²) in [5, 5.41) is 0.776. The van der Waals surface area contributed by atoms with Crippen LogP contribution in [0.15, 0.2) is 39.5 Å². The smallest absolute Gasteiger partial charge is 0.349 e. The lowest BCUT2D eigenvalue weighted by molar-refractivity contribution is 0.0619. The SMILES string of the molecule is CC1CC(C)CN(C(=O)c2cc3ccccc3oc2=O)C1. The topological polar surface area (TPSA) is 50.5 Å².